The molecule has 0 aliphatic rings. The summed E-state index contributed by atoms with van der Waals surface area (Å²) in [5.41, 5.74) is 10.0. The zero-order valence-electron chi connectivity index (χ0n) is 12.3. The first kappa shape index (κ1) is 15.5. The molecule has 5 nitrogen and oxygen atoms in total. The topological polar surface area (TPSA) is 76.7 Å². The van der Waals surface area contributed by atoms with Gasteiger partial charge in [-0.2, -0.15) is 5.10 Å². The SMILES string of the molecule is COc1ccc(/C(C)=N\NC(=O)c2ccc(N)cc2)cc1F. The van der Waals surface area contributed by atoms with Crippen LogP contribution in [0.5, 0.6) is 5.75 Å². The van der Waals surface area contributed by atoms with E-state index in [0.29, 0.717) is 22.5 Å². The fourth-order valence-corrected chi connectivity index (χ4v) is 1.79. The molecular formula is C16H16FN3O2. The van der Waals surface area contributed by atoms with Gasteiger partial charge in [-0.15, -0.1) is 0 Å². The van der Waals surface area contributed by atoms with Gasteiger partial charge in [0.1, 0.15) is 0 Å². The van der Waals surface area contributed by atoms with Gasteiger partial charge in [0.05, 0.1) is 12.8 Å². The molecule has 0 atom stereocenters. The highest BCUT2D eigenvalue weighted by Crippen LogP contribution is 2.18. The number of anilines is 1. The number of halogens is 1. The minimum absolute atomic E-state index is 0.155. The molecule has 0 spiro atoms. The lowest BCUT2D eigenvalue weighted by molar-refractivity contribution is 0.0955. The summed E-state index contributed by atoms with van der Waals surface area (Å²) in [7, 11) is 1.39. The molecule has 0 saturated carbocycles. The minimum Gasteiger partial charge on any atom is -0.494 e. The first-order valence-electron chi connectivity index (χ1n) is 6.55. The van der Waals surface area contributed by atoms with Crippen molar-refractivity contribution in [1.82, 2.24) is 5.43 Å². The molecule has 1 amide bonds. The van der Waals surface area contributed by atoms with E-state index in [0.717, 1.165) is 0 Å². The molecule has 0 bridgehead atoms. The van der Waals surface area contributed by atoms with Gasteiger partial charge in [0.15, 0.2) is 11.6 Å². The second-order valence-corrected chi connectivity index (χ2v) is 4.61. The van der Waals surface area contributed by atoms with Gasteiger partial charge < -0.3 is 10.5 Å². The van der Waals surface area contributed by atoms with Crippen LogP contribution in [0.2, 0.25) is 0 Å². The Morgan fingerprint density at radius 3 is 2.41 bits per heavy atom. The van der Waals surface area contributed by atoms with Crippen LogP contribution in [-0.2, 0) is 0 Å². The van der Waals surface area contributed by atoms with Crippen LogP contribution >= 0.6 is 0 Å². The summed E-state index contributed by atoms with van der Waals surface area (Å²) in [6.45, 7) is 1.67. The number of hydrogen-bond donors (Lipinski definition) is 2. The number of nitrogens with one attached hydrogen (secondary N) is 1. The third-order valence-electron chi connectivity index (χ3n) is 3.07. The number of ether oxygens (including phenoxy) is 1. The molecule has 0 aliphatic heterocycles. The van der Waals surface area contributed by atoms with Gasteiger partial charge in [-0.25, -0.2) is 9.82 Å². The lowest BCUT2D eigenvalue weighted by Crippen LogP contribution is -2.19. The number of carbonyl (C=O) groups is 1. The number of benzene rings is 2. The Morgan fingerprint density at radius 1 is 1.18 bits per heavy atom. The first-order chi connectivity index (χ1) is 10.5. The second kappa shape index (κ2) is 6.71. The minimum atomic E-state index is -0.487. The smallest absolute Gasteiger partial charge is 0.271 e. The van der Waals surface area contributed by atoms with E-state index in [4.69, 9.17) is 10.5 Å². The van der Waals surface area contributed by atoms with E-state index < -0.39 is 5.82 Å². The molecule has 114 valence electrons. The fourth-order valence-electron chi connectivity index (χ4n) is 1.79. The third-order valence-corrected chi connectivity index (χ3v) is 3.07. The van der Waals surface area contributed by atoms with Gasteiger partial charge in [-0.1, -0.05) is 0 Å². The zero-order chi connectivity index (χ0) is 16.1. The molecule has 22 heavy (non-hydrogen) atoms. The Bertz CT molecular complexity index is 712. The van der Waals surface area contributed by atoms with E-state index in [9.17, 15) is 9.18 Å². The second-order valence-electron chi connectivity index (χ2n) is 4.61. The maximum Gasteiger partial charge on any atom is 0.271 e. The summed E-state index contributed by atoms with van der Waals surface area (Å²) >= 11 is 0. The third kappa shape index (κ3) is 3.60. The molecule has 6 heteroatoms. The number of hydrogen-bond acceptors (Lipinski definition) is 4. The fraction of sp³-hybridized carbons (Fsp3) is 0.125. The number of nitrogens with zero attached hydrogens (tertiary/aromatic N) is 1. The van der Waals surface area contributed by atoms with Gasteiger partial charge in [-0.05, 0) is 49.4 Å². The molecule has 0 saturated heterocycles. The zero-order valence-corrected chi connectivity index (χ0v) is 12.3. The quantitative estimate of drug-likeness (QED) is 0.517. The number of nitrogens with two attached hydrogens (primary N) is 1. The Balaban J connectivity index is 2.10. The number of carbonyl (C=O) groups excluding carboxylic acids is 1. The number of nitrogen functional groups attached to an aromatic ring is 1. The van der Waals surface area contributed by atoms with Gasteiger partial charge in [0.25, 0.3) is 5.91 Å². The van der Waals surface area contributed by atoms with Crippen molar-refractivity contribution >= 4 is 17.3 Å². The van der Waals surface area contributed by atoms with Crippen LogP contribution in [0.4, 0.5) is 10.1 Å². The first-order valence-corrected chi connectivity index (χ1v) is 6.55. The monoisotopic (exact) mass is 301 g/mol. The van der Waals surface area contributed by atoms with Crippen molar-refractivity contribution in [2.45, 2.75) is 6.92 Å². The lowest BCUT2D eigenvalue weighted by Gasteiger charge is -2.06. The molecule has 0 heterocycles. The summed E-state index contributed by atoms with van der Waals surface area (Å²) in [6.07, 6.45) is 0. The van der Waals surface area contributed by atoms with E-state index in [1.807, 2.05) is 0 Å². The average molecular weight is 301 g/mol. The highest BCUT2D eigenvalue weighted by Gasteiger charge is 2.07. The van der Waals surface area contributed by atoms with Gasteiger partial charge >= 0.3 is 0 Å². The molecule has 2 rings (SSSR count). The van der Waals surface area contributed by atoms with Crippen LogP contribution in [0.1, 0.15) is 22.8 Å². The van der Waals surface area contributed by atoms with E-state index in [1.165, 1.54) is 19.2 Å². The number of rotatable bonds is 4. The van der Waals surface area contributed by atoms with Gasteiger partial charge in [0.2, 0.25) is 0 Å². The van der Waals surface area contributed by atoms with E-state index in [2.05, 4.69) is 10.5 Å². The van der Waals surface area contributed by atoms with E-state index in [-0.39, 0.29) is 11.7 Å². The van der Waals surface area contributed by atoms with Crippen molar-refractivity contribution in [2.75, 3.05) is 12.8 Å². The molecule has 3 N–H and O–H groups in total. The van der Waals surface area contributed by atoms with E-state index >= 15 is 0 Å². The van der Waals surface area contributed by atoms with Crippen LogP contribution < -0.4 is 15.9 Å². The maximum absolute atomic E-state index is 13.6. The standard InChI is InChI=1S/C16H16FN3O2/c1-10(12-5-8-15(22-2)14(17)9-12)19-20-16(21)11-3-6-13(18)7-4-11/h3-9H,18H2,1-2H3,(H,20,21)/b19-10-. The van der Waals surface area contributed by atoms with Crippen LogP contribution in [0.25, 0.3) is 0 Å². The molecule has 0 unspecified atom stereocenters. The van der Waals surface area contributed by atoms with Crippen molar-refractivity contribution in [3.63, 3.8) is 0 Å². The van der Waals surface area contributed by atoms with Crippen LogP contribution in [0.15, 0.2) is 47.6 Å². The molecule has 2 aromatic rings. The summed E-state index contributed by atoms with van der Waals surface area (Å²) in [6, 6.07) is 10.9. The van der Waals surface area contributed by atoms with Gasteiger partial charge in [0, 0.05) is 16.8 Å². The van der Waals surface area contributed by atoms with Crippen LogP contribution in [0, 0.1) is 5.82 Å². The Labute approximate surface area is 127 Å². The predicted molar refractivity (Wildman–Crippen MR) is 83.5 cm³/mol. The molecule has 2 aromatic carbocycles. The summed E-state index contributed by atoms with van der Waals surface area (Å²) in [5.74, 6) is -0.699. The van der Waals surface area contributed by atoms with E-state index in [1.54, 1.807) is 37.3 Å². The van der Waals surface area contributed by atoms with Crippen LogP contribution in [0.3, 0.4) is 0 Å². The largest absolute Gasteiger partial charge is 0.494 e. The van der Waals surface area contributed by atoms with Crippen molar-refractivity contribution in [2.24, 2.45) is 5.10 Å². The molecule has 0 aliphatic carbocycles. The van der Waals surface area contributed by atoms with Gasteiger partial charge in [-0.3, -0.25) is 4.79 Å². The summed E-state index contributed by atoms with van der Waals surface area (Å²) in [4.78, 5) is 11.9. The Kier molecular flexibility index (Phi) is 4.73. The predicted octanol–water partition coefficient (Wildman–Crippen LogP) is 2.57. The van der Waals surface area contributed by atoms with Crippen molar-refractivity contribution < 1.29 is 13.9 Å². The van der Waals surface area contributed by atoms with Crippen molar-refractivity contribution in [3.05, 3.63) is 59.4 Å². The molecule has 0 aromatic heterocycles. The highest BCUT2D eigenvalue weighted by atomic mass is 19.1. The highest BCUT2D eigenvalue weighted by molar-refractivity contribution is 6.01. The maximum atomic E-state index is 13.6. The molecule has 0 radical (unpaired) electrons. The summed E-state index contributed by atoms with van der Waals surface area (Å²) in [5, 5.41) is 3.97. The lowest BCUT2D eigenvalue weighted by atomic mass is 10.1. The number of amides is 1. The molecular weight excluding hydrogens is 285 g/mol. The van der Waals surface area contributed by atoms with Crippen molar-refractivity contribution in [1.29, 1.82) is 0 Å². The molecule has 0 fully saturated rings. The summed E-state index contributed by atoms with van der Waals surface area (Å²) < 4.78 is 18.5. The van der Waals surface area contributed by atoms with Crippen LogP contribution in [-0.4, -0.2) is 18.7 Å². The van der Waals surface area contributed by atoms with Crippen molar-refractivity contribution in [3.8, 4) is 5.75 Å². The Hall–Kier alpha value is -2.89. The Morgan fingerprint density at radius 2 is 1.82 bits per heavy atom. The number of hydrazone groups is 1. The normalized spacial score (nSPS) is 11.1. The number of methoxy groups -OCH3 is 1. The average Bonchev–Trinajstić information content (AvgIpc) is 2.52.